The topological polar surface area (TPSA) is 51.9 Å². The Labute approximate surface area is 187 Å². The minimum atomic E-state index is -0.216. The first-order valence-corrected chi connectivity index (χ1v) is 10.4. The molecule has 1 N–H and O–H groups in total. The van der Waals surface area contributed by atoms with Gasteiger partial charge in [-0.25, -0.2) is 4.68 Å². The lowest BCUT2D eigenvalue weighted by Gasteiger charge is -2.19. The molecule has 0 saturated carbocycles. The van der Waals surface area contributed by atoms with Crippen molar-refractivity contribution in [2.75, 3.05) is 5.32 Å². The van der Waals surface area contributed by atoms with Crippen molar-refractivity contribution in [2.45, 2.75) is 39.3 Å². The summed E-state index contributed by atoms with van der Waals surface area (Å²) in [6, 6.07) is 15.2. The maximum absolute atomic E-state index is 12.5. The summed E-state index contributed by atoms with van der Waals surface area (Å²) in [6.07, 6.45) is 1.77. The van der Waals surface area contributed by atoms with Crippen molar-refractivity contribution < 1.29 is 4.79 Å². The van der Waals surface area contributed by atoms with Crippen LogP contribution in [0.15, 0.2) is 61.2 Å². The number of amides is 1. The summed E-state index contributed by atoms with van der Waals surface area (Å²) >= 11 is 11.5. The number of hydrogen-bond acceptors (Lipinski definition) is 3. The monoisotopic (exact) mass is 440 g/mol. The van der Waals surface area contributed by atoms with Crippen LogP contribution in [0.4, 0.5) is 5.69 Å². The van der Waals surface area contributed by atoms with Crippen LogP contribution in [0.25, 0.3) is 11.4 Å². The number of anilines is 1. The van der Waals surface area contributed by atoms with E-state index in [9.17, 15) is 4.79 Å². The van der Waals surface area contributed by atoms with E-state index in [0.717, 1.165) is 5.56 Å². The predicted octanol–water partition coefficient (Wildman–Crippen LogP) is 5.86. The number of carbonyl (C=O) groups excluding carboxylic acids is 1. The van der Waals surface area contributed by atoms with Crippen molar-refractivity contribution in [1.29, 1.82) is 0 Å². The number of rotatable bonds is 6. The summed E-state index contributed by atoms with van der Waals surface area (Å²) < 4.78 is 3.89. The van der Waals surface area contributed by atoms with Crippen LogP contribution in [0.2, 0.25) is 5.02 Å². The van der Waals surface area contributed by atoms with Gasteiger partial charge < -0.3 is 5.32 Å². The van der Waals surface area contributed by atoms with E-state index >= 15 is 0 Å². The lowest BCUT2D eigenvalue weighted by molar-refractivity contribution is -0.116. The molecule has 0 saturated heterocycles. The van der Waals surface area contributed by atoms with Crippen LogP contribution < -0.4 is 5.32 Å². The lowest BCUT2D eigenvalue weighted by Crippen LogP contribution is -2.19. The molecular weight excluding hydrogens is 416 g/mol. The highest BCUT2D eigenvalue weighted by Crippen LogP contribution is 2.26. The molecule has 3 rings (SSSR count). The van der Waals surface area contributed by atoms with Gasteiger partial charge in [0.15, 0.2) is 10.6 Å². The second-order valence-electron chi connectivity index (χ2n) is 8.05. The lowest BCUT2D eigenvalue weighted by atomic mass is 9.87. The second kappa shape index (κ2) is 8.98. The molecule has 0 radical (unpaired) electrons. The van der Waals surface area contributed by atoms with Crippen LogP contribution in [0, 0.1) is 4.77 Å². The van der Waals surface area contributed by atoms with E-state index in [-0.39, 0.29) is 17.9 Å². The van der Waals surface area contributed by atoms with E-state index in [4.69, 9.17) is 23.8 Å². The Kier molecular flexibility index (Phi) is 6.58. The van der Waals surface area contributed by atoms with Crippen molar-refractivity contribution >= 4 is 35.4 Å². The molecule has 156 valence electrons. The number of allylic oxidation sites excluding steroid dienone is 1. The fourth-order valence-corrected chi connectivity index (χ4v) is 3.43. The quantitative estimate of drug-likeness (QED) is 0.386. The molecule has 3 aromatic rings. The van der Waals surface area contributed by atoms with Gasteiger partial charge in [0.2, 0.25) is 5.91 Å². The minimum Gasteiger partial charge on any atom is -0.324 e. The molecule has 5 nitrogen and oxygen atoms in total. The van der Waals surface area contributed by atoms with Gasteiger partial charge in [-0.15, -0.1) is 6.58 Å². The summed E-state index contributed by atoms with van der Waals surface area (Å²) in [5.74, 6) is 0.492. The minimum absolute atomic E-state index is 0.0126. The number of carbonyl (C=O) groups is 1. The number of hydrogen-bond donors (Lipinski definition) is 1. The smallest absolute Gasteiger partial charge is 0.246 e. The molecule has 0 unspecified atom stereocenters. The molecule has 30 heavy (non-hydrogen) atoms. The zero-order valence-electron chi connectivity index (χ0n) is 17.4. The van der Waals surface area contributed by atoms with Crippen LogP contribution in [0.1, 0.15) is 26.3 Å². The standard InChI is InChI=1S/C23H25ClN4OS/c1-5-14-27-21(16-6-8-17(9-7-16)23(2,3)4)26-28(22(27)30)15-20(29)25-19-12-10-18(24)11-13-19/h5-13H,1,14-15H2,2-4H3,(H,25,29). The van der Waals surface area contributed by atoms with Crippen LogP contribution in [0.5, 0.6) is 0 Å². The number of halogens is 1. The van der Waals surface area contributed by atoms with Gasteiger partial charge in [-0.1, -0.05) is 62.7 Å². The van der Waals surface area contributed by atoms with Crippen molar-refractivity contribution in [3.05, 3.63) is 76.5 Å². The van der Waals surface area contributed by atoms with Gasteiger partial charge in [0.05, 0.1) is 0 Å². The van der Waals surface area contributed by atoms with Crippen LogP contribution in [-0.4, -0.2) is 20.3 Å². The Hall–Kier alpha value is -2.70. The van der Waals surface area contributed by atoms with E-state index in [0.29, 0.717) is 27.9 Å². The first-order chi connectivity index (χ1) is 14.2. The maximum atomic E-state index is 12.5. The molecule has 0 spiro atoms. The molecule has 0 fully saturated rings. The molecule has 7 heteroatoms. The molecule has 0 aliphatic heterocycles. The highest BCUT2D eigenvalue weighted by molar-refractivity contribution is 7.71. The summed E-state index contributed by atoms with van der Waals surface area (Å²) in [7, 11) is 0. The van der Waals surface area contributed by atoms with Gasteiger partial charge in [0, 0.05) is 22.8 Å². The number of aromatic nitrogens is 3. The molecule has 0 aliphatic rings. The average molecular weight is 441 g/mol. The summed E-state index contributed by atoms with van der Waals surface area (Å²) in [4.78, 5) is 12.5. The fraction of sp³-hybridized carbons (Fsp3) is 0.261. The molecule has 0 atom stereocenters. The van der Waals surface area contributed by atoms with E-state index < -0.39 is 0 Å². The van der Waals surface area contributed by atoms with Crippen molar-refractivity contribution in [1.82, 2.24) is 14.3 Å². The number of nitrogens with one attached hydrogen (secondary N) is 1. The zero-order valence-corrected chi connectivity index (χ0v) is 18.9. The van der Waals surface area contributed by atoms with Crippen molar-refractivity contribution in [3.8, 4) is 11.4 Å². The molecule has 1 heterocycles. The van der Waals surface area contributed by atoms with Gasteiger partial charge in [0.1, 0.15) is 6.54 Å². The fourth-order valence-electron chi connectivity index (χ4n) is 3.04. The molecule has 1 aromatic heterocycles. The normalized spacial score (nSPS) is 11.3. The average Bonchev–Trinajstić information content (AvgIpc) is 2.99. The Morgan fingerprint density at radius 2 is 1.80 bits per heavy atom. The SMILES string of the molecule is C=CCn1c(-c2ccc(C(C)(C)C)cc2)nn(CC(=O)Nc2ccc(Cl)cc2)c1=S. The summed E-state index contributed by atoms with van der Waals surface area (Å²) in [5.41, 5.74) is 2.91. The third-order valence-electron chi connectivity index (χ3n) is 4.66. The molecule has 1 amide bonds. The van der Waals surface area contributed by atoms with Crippen LogP contribution >= 0.6 is 23.8 Å². The van der Waals surface area contributed by atoms with E-state index in [2.05, 4.69) is 49.9 Å². The maximum Gasteiger partial charge on any atom is 0.246 e. The Morgan fingerprint density at radius 3 is 2.37 bits per heavy atom. The second-order valence-corrected chi connectivity index (χ2v) is 8.85. The first-order valence-electron chi connectivity index (χ1n) is 9.64. The Balaban J connectivity index is 1.88. The molecular formula is C23H25ClN4OS. The van der Waals surface area contributed by atoms with E-state index in [1.54, 1.807) is 30.3 Å². The van der Waals surface area contributed by atoms with Gasteiger partial charge >= 0.3 is 0 Å². The van der Waals surface area contributed by atoms with Gasteiger partial charge in [-0.2, -0.15) is 5.10 Å². The summed E-state index contributed by atoms with van der Waals surface area (Å²) in [5, 5.41) is 8.08. The van der Waals surface area contributed by atoms with E-state index in [1.807, 2.05) is 16.7 Å². The predicted molar refractivity (Wildman–Crippen MR) is 125 cm³/mol. The van der Waals surface area contributed by atoms with Crippen molar-refractivity contribution in [3.63, 3.8) is 0 Å². The van der Waals surface area contributed by atoms with E-state index in [1.165, 1.54) is 10.2 Å². The van der Waals surface area contributed by atoms with Gasteiger partial charge in [-0.3, -0.25) is 9.36 Å². The third-order valence-corrected chi connectivity index (χ3v) is 5.35. The highest BCUT2D eigenvalue weighted by Gasteiger charge is 2.17. The van der Waals surface area contributed by atoms with Gasteiger partial charge in [0.25, 0.3) is 0 Å². The number of nitrogens with zero attached hydrogens (tertiary/aromatic N) is 3. The highest BCUT2D eigenvalue weighted by atomic mass is 35.5. The van der Waals surface area contributed by atoms with Crippen LogP contribution in [-0.2, 0) is 23.3 Å². The molecule has 0 aliphatic carbocycles. The zero-order chi connectivity index (χ0) is 21.9. The Bertz CT molecular complexity index is 1110. The first kappa shape index (κ1) is 22.0. The van der Waals surface area contributed by atoms with Crippen molar-refractivity contribution in [2.24, 2.45) is 0 Å². The summed E-state index contributed by atoms with van der Waals surface area (Å²) in [6.45, 7) is 10.9. The third kappa shape index (κ3) is 5.07. The number of benzene rings is 2. The molecule has 2 aromatic carbocycles. The largest absolute Gasteiger partial charge is 0.324 e. The Morgan fingerprint density at radius 1 is 1.17 bits per heavy atom. The van der Waals surface area contributed by atoms with Gasteiger partial charge in [-0.05, 0) is 47.5 Å². The van der Waals surface area contributed by atoms with Crippen LogP contribution in [0.3, 0.4) is 0 Å². The molecule has 0 bridgehead atoms.